The molecule has 4 heteroatoms. The van der Waals surface area contributed by atoms with Gasteiger partial charge in [0.25, 0.3) is 0 Å². The minimum atomic E-state index is -0.167. The third-order valence-electron chi connectivity index (χ3n) is 2.23. The number of methoxy groups -OCH3 is 1. The van der Waals surface area contributed by atoms with Gasteiger partial charge in [0, 0.05) is 4.43 Å². The molecule has 1 rings (SSSR count). The van der Waals surface area contributed by atoms with E-state index in [1.54, 1.807) is 0 Å². The Balaban J connectivity index is 2.29. The van der Waals surface area contributed by atoms with Crippen molar-refractivity contribution in [3.63, 3.8) is 0 Å². The maximum absolute atomic E-state index is 11.0. The quantitative estimate of drug-likeness (QED) is 0.454. The van der Waals surface area contributed by atoms with E-state index in [1.165, 1.54) is 7.11 Å². The zero-order valence-electron chi connectivity index (χ0n) is 7.79. The highest BCUT2D eigenvalue weighted by Gasteiger charge is 2.23. The molecule has 2 atom stereocenters. The van der Waals surface area contributed by atoms with Crippen LogP contribution in [0.5, 0.6) is 0 Å². The van der Waals surface area contributed by atoms with Crippen LogP contribution in [0.4, 0.5) is 0 Å². The summed E-state index contributed by atoms with van der Waals surface area (Å²) in [5.41, 5.74) is 0. The Morgan fingerprint density at radius 2 is 2.23 bits per heavy atom. The summed E-state index contributed by atoms with van der Waals surface area (Å²) in [7, 11) is 1.42. The second-order valence-corrected chi connectivity index (χ2v) is 4.13. The third kappa shape index (κ3) is 3.81. The zero-order chi connectivity index (χ0) is 9.68. The SMILES string of the molecule is COC(=O)C[C@H]1CCC[C@H](CI)O1. The molecule has 0 aromatic carbocycles. The Bertz CT molecular complexity index is 172. The van der Waals surface area contributed by atoms with E-state index in [9.17, 15) is 4.79 Å². The molecule has 76 valence electrons. The van der Waals surface area contributed by atoms with Gasteiger partial charge in [0.05, 0.1) is 25.7 Å². The normalized spacial score (nSPS) is 28.5. The van der Waals surface area contributed by atoms with Crippen LogP contribution in [0.15, 0.2) is 0 Å². The molecule has 1 saturated heterocycles. The van der Waals surface area contributed by atoms with E-state index < -0.39 is 0 Å². The molecule has 0 aromatic rings. The van der Waals surface area contributed by atoms with Crippen molar-refractivity contribution in [2.45, 2.75) is 37.9 Å². The van der Waals surface area contributed by atoms with Gasteiger partial charge in [-0.2, -0.15) is 0 Å². The van der Waals surface area contributed by atoms with Crippen molar-refractivity contribution in [1.29, 1.82) is 0 Å². The van der Waals surface area contributed by atoms with Crippen LogP contribution in [0.2, 0.25) is 0 Å². The van der Waals surface area contributed by atoms with E-state index in [1.807, 2.05) is 0 Å². The number of rotatable bonds is 3. The first kappa shape index (κ1) is 11.2. The Morgan fingerprint density at radius 1 is 1.54 bits per heavy atom. The molecular weight excluding hydrogens is 283 g/mol. The van der Waals surface area contributed by atoms with Crippen LogP contribution in [0.25, 0.3) is 0 Å². The molecule has 3 nitrogen and oxygen atoms in total. The van der Waals surface area contributed by atoms with Crippen molar-refractivity contribution >= 4 is 28.6 Å². The van der Waals surface area contributed by atoms with Crippen LogP contribution < -0.4 is 0 Å². The van der Waals surface area contributed by atoms with Gasteiger partial charge in [-0.25, -0.2) is 0 Å². The maximum Gasteiger partial charge on any atom is 0.308 e. The van der Waals surface area contributed by atoms with E-state index in [2.05, 4.69) is 27.3 Å². The predicted molar refractivity (Wildman–Crippen MR) is 58.0 cm³/mol. The lowest BCUT2D eigenvalue weighted by atomic mass is 10.0. The van der Waals surface area contributed by atoms with Crippen LogP contribution in [0, 0.1) is 0 Å². The first-order valence-electron chi connectivity index (χ1n) is 4.54. The lowest BCUT2D eigenvalue weighted by Crippen LogP contribution is -2.30. The number of carbonyl (C=O) groups is 1. The Kier molecular flexibility index (Phi) is 5.01. The van der Waals surface area contributed by atoms with Crippen LogP contribution >= 0.6 is 22.6 Å². The summed E-state index contributed by atoms with van der Waals surface area (Å²) >= 11 is 2.32. The van der Waals surface area contributed by atoms with Crippen molar-refractivity contribution in [3.8, 4) is 0 Å². The maximum atomic E-state index is 11.0. The van der Waals surface area contributed by atoms with Crippen LogP contribution in [0.1, 0.15) is 25.7 Å². The standard InChI is InChI=1S/C9H15IO3/c1-12-9(11)5-7-3-2-4-8(6-10)13-7/h7-8H,2-6H2,1H3/t7-,8-/m1/s1. The van der Waals surface area contributed by atoms with Gasteiger partial charge < -0.3 is 9.47 Å². The molecule has 13 heavy (non-hydrogen) atoms. The molecular formula is C9H15IO3. The monoisotopic (exact) mass is 298 g/mol. The first-order valence-corrected chi connectivity index (χ1v) is 6.07. The summed E-state index contributed by atoms with van der Waals surface area (Å²) in [5.74, 6) is -0.167. The van der Waals surface area contributed by atoms with E-state index in [-0.39, 0.29) is 12.1 Å². The van der Waals surface area contributed by atoms with Crippen molar-refractivity contribution in [3.05, 3.63) is 0 Å². The van der Waals surface area contributed by atoms with E-state index >= 15 is 0 Å². The molecule has 1 aliphatic heterocycles. The lowest BCUT2D eigenvalue weighted by Gasteiger charge is -2.28. The number of ether oxygens (including phenoxy) is 2. The fourth-order valence-electron chi connectivity index (χ4n) is 1.51. The van der Waals surface area contributed by atoms with Gasteiger partial charge in [0.2, 0.25) is 0 Å². The smallest absolute Gasteiger partial charge is 0.308 e. The molecule has 1 fully saturated rings. The molecule has 0 N–H and O–H groups in total. The van der Waals surface area contributed by atoms with E-state index in [4.69, 9.17) is 4.74 Å². The van der Waals surface area contributed by atoms with Gasteiger partial charge in [-0.1, -0.05) is 22.6 Å². The Morgan fingerprint density at radius 3 is 2.85 bits per heavy atom. The zero-order valence-corrected chi connectivity index (χ0v) is 9.95. The van der Waals surface area contributed by atoms with Crippen LogP contribution in [-0.4, -0.2) is 29.7 Å². The van der Waals surface area contributed by atoms with Gasteiger partial charge in [-0.15, -0.1) is 0 Å². The van der Waals surface area contributed by atoms with Gasteiger partial charge in [0.15, 0.2) is 0 Å². The topological polar surface area (TPSA) is 35.5 Å². The summed E-state index contributed by atoms with van der Waals surface area (Å²) in [4.78, 5) is 11.0. The molecule has 0 radical (unpaired) electrons. The van der Waals surface area contributed by atoms with Crippen LogP contribution in [0.3, 0.4) is 0 Å². The Labute approximate surface area is 92.3 Å². The average molecular weight is 298 g/mol. The average Bonchev–Trinajstić information content (AvgIpc) is 2.18. The highest BCUT2D eigenvalue weighted by atomic mass is 127. The molecule has 0 aromatic heterocycles. The molecule has 1 aliphatic rings. The first-order chi connectivity index (χ1) is 6.26. The predicted octanol–water partition coefficient (Wildman–Crippen LogP) is 1.92. The number of hydrogen-bond acceptors (Lipinski definition) is 3. The second-order valence-electron chi connectivity index (χ2n) is 3.25. The minimum Gasteiger partial charge on any atom is -0.469 e. The van der Waals surface area contributed by atoms with Crippen molar-refractivity contribution in [2.24, 2.45) is 0 Å². The fourth-order valence-corrected chi connectivity index (χ4v) is 2.16. The van der Waals surface area contributed by atoms with Gasteiger partial charge in [0.1, 0.15) is 0 Å². The van der Waals surface area contributed by atoms with Gasteiger partial charge in [-0.3, -0.25) is 4.79 Å². The molecule has 1 heterocycles. The molecule has 0 saturated carbocycles. The molecule has 0 spiro atoms. The number of esters is 1. The summed E-state index contributed by atoms with van der Waals surface area (Å²) in [5, 5.41) is 0. The van der Waals surface area contributed by atoms with E-state index in [0.717, 1.165) is 23.7 Å². The van der Waals surface area contributed by atoms with Crippen molar-refractivity contribution < 1.29 is 14.3 Å². The second kappa shape index (κ2) is 5.80. The number of hydrogen-bond donors (Lipinski definition) is 0. The number of halogens is 1. The summed E-state index contributed by atoms with van der Waals surface area (Å²) in [6.07, 6.45) is 4.10. The van der Waals surface area contributed by atoms with Gasteiger partial charge >= 0.3 is 5.97 Å². The number of alkyl halides is 1. The molecule has 0 unspecified atom stereocenters. The third-order valence-corrected chi connectivity index (χ3v) is 3.21. The summed E-state index contributed by atoms with van der Waals surface area (Å²) < 4.78 is 11.3. The fraction of sp³-hybridized carbons (Fsp3) is 0.889. The minimum absolute atomic E-state index is 0.0842. The number of carbonyl (C=O) groups excluding carboxylic acids is 1. The highest BCUT2D eigenvalue weighted by Crippen LogP contribution is 2.22. The summed E-state index contributed by atoms with van der Waals surface area (Å²) in [6, 6.07) is 0. The molecule has 0 bridgehead atoms. The summed E-state index contributed by atoms with van der Waals surface area (Å²) in [6.45, 7) is 0. The largest absolute Gasteiger partial charge is 0.469 e. The van der Waals surface area contributed by atoms with E-state index in [0.29, 0.717) is 12.5 Å². The molecule has 0 aliphatic carbocycles. The van der Waals surface area contributed by atoms with Crippen molar-refractivity contribution in [2.75, 3.05) is 11.5 Å². The molecule has 0 amide bonds. The highest BCUT2D eigenvalue weighted by molar-refractivity contribution is 14.1. The van der Waals surface area contributed by atoms with Crippen LogP contribution in [-0.2, 0) is 14.3 Å². The lowest BCUT2D eigenvalue weighted by molar-refractivity contribution is -0.146. The van der Waals surface area contributed by atoms with Gasteiger partial charge in [-0.05, 0) is 19.3 Å². The van der Waals surface area contributed by atoms with Crippen molar-refractivity contribution in [1.82, 2.24) is 0 Å². The Hall–Kier alpha value is 0.160.